The predicted molar refractivity (Wildman–Crippen MR) is 59.4 cm³/mol. The SMILES string of the molecule is CC1NCC(=O)N(Cc2cc(F)cc(F)c2)C1=O. The highest BCUT2D eigenvalue weighted by molar-refractivity contribution is 6.00. The summed E-state index contributed by atoms with van der Waals surface area (Å²) in [4.78, 5) is 24.4. The lowest BCUT2D eigenvalue weighted by Crippen LogP contribution is -2.56. The maximum Gasteiger partial charge on any atom is 0.246 e. The van der Waals surface area contributed by atoms with Crippen molar-refractivity contribution in [2.45, 2.75) is 19.5 Å². The summed E-state index contributed by atoms with van der Waals surface area (Å²) in [5.74, 6) is -2.25. The Labute approximate surface area is 103 Å². The van der Waals surface area contributed by atoms with Crippen LogP contribution < -0.4 is 5.32 Å². The van der Waals surface area contributed by atoms with Crippen LogP contribution in [-0.4, -0.2) is 29.3 Å². The largest absolute Gasteiger partial charge is 0.298 e. The molecule has 0 saturated carbocycles. The fraction of sp³-hybridized carbons (Fsp3) is 0.333. The van der Waals surface area contributed by atoms with Gasteiger partial charge in [0.25, 0.3) is 0 Å². The molecule has 2 rings (SSSR count). The Morgan fingerprint density at radius 2 is 1.89 bits per heavy atom. The lowest BCUT2D eigenvalue weighted by atomic mass is 10.1. The van der Waals surface area contributed by atoms with E-state index in [9.17, 15) is 18.4 Å². The molecule has 2 amide bonds. The highest BCUT2D eigenvalue weighted by atomic mass is 19.1. The molecule has 1 N–H and O–H groups in total. The summed E-state index contributed by atoms with van der Waals surface area (Å²) in [5.41, 5.74) is 0.253. The molecule has 0 aliphatic carbocycles. The Morgan fingerprint density at radius 1 is 1.28 bits per heavy atom. The van der Waals surface area contributed by atoms with Crippen LogP contribution in [0.1, 0.15) is 12.5 Å². The molecular formula is C12H12F2N2O2. The number of imide groups is 1. The first kappa shape index (κ1) is 12.6. The average Bonchev–Trinajstić information content (AvgIpc) is 2.28. The zero-order valence-electron chi connectivity index (χ0n) is 9.74. The van der Waals surface area contributed by atoms with Crippen molar-refractivity contribution in [2.75, 3.05) is 6.54 Å². The van der Waals surface area contributed by atoms with Crippen molar-refractivity contribution < 1.29 is 18.4 Å². The van der Waals surface area contributed by atoms with E-state index in [1.54, 1.807) is 6.92 Å². The predicted octanol–water partition coefficient (Wildman–Crippen LogP) is 0.812. The van der Waals surface area contributed by atoms with Gasteiger partial charge in [0.15, 0.2) is 0 Å². The number of piperazine rings is 1. The molecule has 0 radical (unpaired) electrons. The first-order valence-corrected chi connectivity index (χ1v) is 5.50. The third kappa shape index (κ3) is 2.53. The fourth-order valence-electron chi connectivity index (χ4n) is 1.83. The van der Waals surface area contributed by atoms with Gasteiger partial charge in [-0.25, -0.2) is 8.78 Å². The van der Waals surface area contributed by atoms with Gasteiger partial charge in [-0.3, -0.25) is 19.8 Å². The first-order valence-electron chi connectivity index (χ1n) is 5.50. The summed E-state index contributed by atoms with van der Waals surface area (Å²) in [6.45, 7) is 1.57. The van der Waals surface area contributed by atoms with Crippen LogP contribution in [0, 0.1) is 11.6 Å². The number of hydrogen-bond acceptors (Lipinski definition) is 3. The van der Waals surface area contributed by atoms with Gasteiger partial charge in [-0.1, -0.05) is 0 Å². The number of carbonyl (C=O) groups excluding carboxylic acids is 2. The molecule has 1 saturated heterocycles. The molecule has 1 unspecified atom stereocenters. The quantitative estimate of drug-likeness (QED) is 0.795. The normalized spacial score (nSPS) is 20.4. The van der Waals surface area contributed by atoms with E-state index in [2.05, 4.69) is 5.32 Å². The molecule has 1 aromatic rings. The van der Waals surface area contributed by atoms with Gasteiger partial charge in [-0.15, -0.1) is 0 Å². The average molecular weight is 254 g/mol. The molecular weight excluding hydrogens is 242 g/mol. The van der Waals surface area contributed by atoms with Crippen LogP contribution in [0.25, 0.3) is 0 Å². The van der Waals surface area contributed by atoms with Gasteiger partial charge in [-0.05, 0) is 24.6 Å². The number of benzene rings is 1. The van der Waals surface area contributed by atoms with Crippen molar-refractivity contribution in [3.05, 3.63) is 35.4 Å². The molecule has 0 spiro atoms. The topological polar surface area (TPSA) is 49.4 Å². The Hall–Kier alpha value is -1.82. The molecule has 1 aromatic carbocycles. The smallest absolute Gasteiger partial charge is 0.246 e. The third-order valence-electron chi connectivity index (χ3n) is 2.76. The van der Waals surface area contributed by atoms with Crippen LogP contribution in [0.15, 0.2) is 18.2 Å². The number of carbonyl (C=O) groups is 2. The third-order valence-corrected chi connectivity index (χ3v) is 2.76. The maximum absolute atomic E-state index is 13.0. The molecule has 1 aliphatic heterocycles. The minimum Gasteiger partial charge on any atom is -0.298 e. The van der Waals surface area contributed by atoms with E-state index in [0.29, 0.717) is 0 Å². The van der Waals surface area contributed by atoms with E-state index < -0.39 is 29.5 Å². The highest BCUT2D eigenvalue weighted by Gasteiger charge is 2.31. The molecule has 4 nitrogen and oxygen atoms in total. The molecule has 1 aliphatic rings. The van der Waals surface area contributed by atoms with Gasteiger partial charge in [-0.2, -0.15) is 0 Å². The van der Waals surface area contributed by atoms with Crippen molar-refractivity contribution >= 4 is 11.8 Å². The van der Waals surface area contributed by atoms with Crippen molar-refractivity contribution in [3.8, 4) is 0 Å². The van der Waals surface area contributed by atoms with Gasteiger partial charge in [0.05, 0.1) is 19.1 Å². The Balaban J connectivity index is 2.21. The van der Waals surface area contributed by atoms with E-state index in [1.807, 2.05) is 0 Å². The van der Waals surface area contributed by atoms with E-state index in [1.165, 1.54) is 0 Å². The Bertz CT molecular complexity index is 485. The van der Waals surface area contributed by atoms with Crippen LogP contribution in [0.5, 0.6) is 0 Å². The summed E-state index contributed by atoms with van der Waals surface area (Å²) < 4.78 is 26.0. The molecule has 6 heteroatoms. The van der Waals surface area contributed by atoms with Crippen molar-refractivity contribution in [1.82, 2.24) is 10.2 Å². The molecule has 1 atom stereocenters. The molecule has 1 heterocycles. The molecule has 0 bridgehead atoms. The second-order valence-electron chi connectivity index (χ2n) is 4.20. The van der Waals surface area contributed by atoms with Gasteiger partial charge < -0.3 is 0 Å². The van der Waals surface area contributed by atoms with Gasteiger partial charge in [0.1, 0.15) is 11.6 Å². The minimum absolute atomic E-state index is 0.0463. The Kier molecular flexibility index (Phi) is 3.38. The van der Waals surface area contributed by atoms with Gasteiger partial charge >= 0.3 is 0 Å². The zero-order valence-corrected chi connectivity index (χ0v) is 9.74. The van der Waals surface area contributed by atoms with E-state index in [4.69, 9.17) is 0 Å². The summed E-state index contributed by atoms with van der Waals surface area (Å²) in [6.07, 6.45) is 0. The maximum atomic E-state index is 13.0. The summed E-state index contributed by atoms with van der Waals surface area (Å²) in [6, 6.07) is 2.49. The second kappa shape index (κ2) is 4.81. The van der Waals surface area contributed by atoms with Crippen molar-refractivity contribution in [2.24, 2.45) is 0 Å². The van der Waals surface area contributed by atoms with Crippen LogP contribution >= 0.6 is 0 Å². The first-order chi connectivity index (χ1) is 8.47. The number of nitrogens with zero attached hydrogens (tertiary/aromatic N) is 1. The number of halogens is 2. The van der Waals surface area contributed by atoms with Crippen molar-refractivity contribution in [3.63, 3.8) is 0 Å². The lowest BCUT2D eigenvalue weighted by Gasteiger charge is -2.29. The monoisotopic (exact) mass is 254 g/mol. The van der Waals surface area contributed by atoms with Gasteiger partial charge in [0.2, 0.25) is 11.8 Å². The number of nitrogens with one attached hydrogen (secondary N) is 1. The second-order valence-corrected chi connectivity index (χ2v) is 4.20. The highest BCUT2D eigenvalue weighted by Crippen LogP contribution is 2.13. The van der Waals surface area contributed by atoms with Crippen molar-refractivity contribution in [1.29, 1.82) is 0 Å². The fourth-order valence-corrected chi connectivity index (χ4v) is 1.83. The summed E-state index contributed by atoms with van der Waals surface area (Å²) in [7, 11) is 0. The number of amides is 2. The molecule has 0 aromatic heterocycles. The summed E-state index contributed by atoms with van der Waals surface area (Å²) in [5, 5.41) is 2.73. The van der Waals surface area contributed by atoms with E-state index in [0.717, 1.165) is 23.1 Å². The molecule has 18 heavy (non-hydrogen) atoms. The summed E-state index contributed by atoms with van der Waals surface area (Å²) >= 11 is 0. The lowest BCUT2D eigenvalue weighted by molar-refractivity contribution is -0.149. The number of rotatable bonds is 2. The minimum atomic E-state index is -0.729. The molecule has 96 valence electrons. The van der Waals surface area contributed by atoms with Gasteiger partial charge in [0, 0.05) is 6.07 Å². The van der Waals surface area contributed by atoms with Crippen LogP contribution in [0.4, 0.5) is 8.78 Å². The zero-order chi connectivity index (χ0) is 13.3. The van der Waals surface area contributed by atoms with E-state index in [-0.39, 0.29) is 18.7 Å². The van der Waals surface area contributed by atoms with E-state index >= 15 is 0 Å². The molecule has 1 fully saturated rings. The van der Waals surface area contributed by atoms with Crippen LogP contribution in [-0.2, 0) is 16.1 Å². The number of hydrogen-bond donors (Lipinski definition) is 1. The standard InChI is InChI=1S/C12H12F2N2O2/c1-7-12(18)16(11(17)5-15-7)6-8-2-9(13)4-10(14)3-8/h2-4,7,15H,5-6H2,1H3. The van der Waals surface area contributed by atoms with Crippen LogP contribution in [0.2, 0.25) is 0 Å². The van der Waals surface area contributed by atoms with Crippen LogP contribution in [0.3, 0.4) is 0 Å². The Morgan fingerprint density at radius 3 is 2.50 bits per heavy atom.